The number of hydrogen-bond acceptors (Lipinski definition) is 1. The minimum absolute atomic E-state index is 0.147. The summed E-state index contributed by atoms with van der Waals surface area (Å²) in [6.45, 7) is 0. The third-order valence-electron chi connectivity index (χ3n) is 1.07. The second-order valence-electron chi connectivity index (χ2n) is 1.88. The number of aromatic nitrogens is 1. The third kappa shape index (κ3) is 2.48. The molecular formula is C8H6ClNO. The number of aromatic amines is 1. The van der Waals surface area contributed by atoms with E-state index < -0.39 is 0 Å². The van der Waals surface area contributed by atoms with E-state index in [1.807, 2.05) is 0 Å². The maximum absolute atomic E-state index is 10.7. The summed E-state index contributed by atoms with van der Waals surface area (Å²) in [5.41, 5.74) is 0.542. The van der Waals surface area contributed by atoms with Gasteiger partial charge in [-0.2, -0.15) is 0 Å². The number of rotatable bonds is 0. The van der Waals surface area contributed by atoms with Gasteiger partial charge in [-0.15, -0.1) is 11.6 Å². The lowest BCUT2D eigenvalue weighted by atomic mass is 10.3. The van der Waals surface area contributed by atoms with Crippen molar-refractivity contribution >= 4 is 11.6 Å². The molecule has 0 spiro atoms. The van der Waals surface area contributed by atoms with Crippen LogP contribution in [0.15, 0.2) is 23.1 Å². The van der Waals surface area contributed by atoms with Crippen molar-refractivity contribution in [3.8, 4) is 11.8 Å². The van der Waals surface area contributed by atoms with Crippen molar-refractivity contribution in [2.75, 3.05) is 5.88 Å². The maximum Gasteiger partial charge on any atom is 0.249 e. The van der Waals surface area contributed by atoms with Crippen LogP contribution >= 0.6 is 11.6 Å². The second-order valence-corrected chi connectivity index (χ2v) is 2.14. The Balaban J connectivity index is 2.97. The molecule has 0 bridgehead atoms. The SMILES string of the molecule is O=c1cc(C#CCCl)cc[nH]1. The van der Waals surface area contributed by atoms with Gasteiger partial charge in [-0.3, -0.25) is 4.79 Å². The van der Waals surface area contributed by atoms with Crippen molar-refractivity contribution in [2.45, 2.75) is 0 Å². The lowest BCUT2D eigenvalue weighted by molar-refractivity contribution is 1.23. The molecule has 0 saturated carbocycles. The van der Waals surface area contributed by atoms with Gasteiger partial charge in [-0.05, 0) is 6.07 Å². The Kier molecular flexibility index (Phi) is 2.76. The van der Waals surface area contributed by atoms with Crippen LogP contribution in [0.3, 0.4) is 0 Å². The molecule has 1 N–H and O–H groups in total. The van der Waals surface area contributed by atoms with E-state index >= 15 is 0 Å². The molecule has 0 saturated heterocycles. The van der Waals surface area contributed by atoms with Crippen LogP contribution in [0.1, 0.15) is 5.56 Å². The van der Waals surface area contributed by atoms with E-state index in [0.717, 1.165) is 0 Å². The predicted octanol–water partition coefficient (Wildman–Crippen LogP) is 0.965. The van der Waals surface area contributed by atoms with Crippen LogP contribution in [0.25, 0.3) is 0 Å². The molecule has 1 rings (SSSR count). The number of hydrogen-bond donors (Lipinski definition) is 1. The molecule has 2 nitrogen and oxygen atoms in total. The van der Waals surface area contributed by atoms with Gasteiger partial charge < -0.3 is 4.98 Å². The number of alkyl halides is 1. The quantitative estimate of drug-likeness (QED) is 0.453. The van der Waals surface area contributed by atoms with Gasteiger partial charge in [0.05, 0.1) is 5.88 Å². The molecular weight excluding hydrogens is 162 g/mol. The fourth-order valence-corrected chi connectivity index (χ4v) is 0.725. The molecule has 1 aromatic heterocycles. The standard InChI is InChI=1S/C8H6ClNO/c9-4-1-2-7-3-5-10-8(11)6-7/h3,5-6H,4H2,(H,10,11). The monoisotopic (exact) mass is 167 g/mol. The third-order valence-corrected chi connectivity index (χ3v) is 1.21. The molecule has 1 heterocycles. The van der Waals surface area contributed by atoms with Crippen LogP contribution in [0.4, 0.5) is 0 Å². The van der Waals surface area contributed by atoms with Crippen LogP contribution in [0, 0.1) is 11.8 Å². The maximum atomic E-state index is 10.7. The van der Waals surface area contributed by atoms with Gasteiger partial charge in [0.25, 0.3) is 0 Å². The van der Waals surface area contributed by atoms with Crippen LogP contribution < -0.4 is 5.56 Å². The van der Waals surface area contributed by atoms with Gasteiger partial charge in [-0.1, -0.05) is 11.8 Å². The Morgan fingerprint density at radius 3 is 3.09 bits per heavy atom. The molecule has 0 atom stereocenters. The fraction of sp³-hybridized carbons (Fsp3) is 0.125. The van der Waals surface area contributed by atoms with E-state index in [4.69, 9.17) is 11.6 Å². The van der Waals surface area contributed by atoms with E-state index in [1.54, 1.807) is 12.3 Å². The molecule has 0 unspecified atom stereocenters. The number of nitrogens with one attached hydrogen (secondary N) is 1. The normalized spacial score (nSPS) is 8.45. The Morgan fingerprint density at radius 2 is 2.45 bits per heavy atom. The van der Waals surface area contributed by atoms with Crippen molar-refractivity contribution in [3.63, 3.8) is 0 Å². The average molecular weight is 168 g/mol. The Labute approximate surface area is 69.2 Å². The molecule has 0 fully saturated rings. The smallest absolute Gasteiger partial charge is 0.249 e. The van der Waals surface area contributed by atoms with Crippen LogP contribution in [0.2, 0.25) is 0 Å². The van der Waals surface area contributed by atoms with Crippen LogP contribution in [-0.4, -0.2) is 10.9 Å². The molecule has 0 amide bonds. The number of H-pyrrole nitrogens is 1. The zero-order valence-corrected chi connectivity index (χ0v) is 6.48. The highest BCUT2D eigenvalue weighted by Crippen LogP contribution is 1.87. The van der Waals surface area contributed by atoms with Gasteiger partial charge in [-0.25, -0.2) is 0 Å². The molecule has 56 valence electrons. The summed E-state index contributed by atoms with van der Waals surface area (Å²) in [4.78, 5) is 13.2. The van der Waals surface area contributed by atoms with E-state index in [1.165, 1.54) is 6.07 Å². The van der Waals surface area contributed by atoms with Gasteiger partial charge in [0.1, 0.15) is 0 Å². The minimum atomic E-state index is -0.147. The summed E-state index contributed by atoms with van der Waals surface area (Å²) in [6.07, 6.45) is 1.56. The zero-order valence-electron chi connectivity index (χ0n) is 5.73. The molecule has 0 aromatic carbocycles. The summed E-state index contributed by atoms with van der Waals surface area (Å²) in [5.74, 6) is 5.67. The second kappa shape index (κ2) is 3.85. The highest BCUT2D eigenvalue weighted by Gasteiger charge is 1.84. The number of pyridine rings is 1. The summed E-state index contributed by atoms with van der Waals surface area (Å²) < 4.78 is 0. The molecule has 0 aliphatic rings. The largest absolute Gasteiger partial charge is 0.329 e. The first kappa shape index (κ1) is 7.90. The Morgan fingerprint density at radius 1 is 1.64 bits per heavy atom. The first-order chi connectivity index (χ1) is 5.33. The highest BCUT2D eigenvalue weighted by molar-refractivity contribution is 6.19. The van der Waals surface area contributed by atoms with Crippen LogP contribution in [0.5, 0.6) is 0 Å². The average Bonchev–Trinajstić information content (AvgIpc) is 2.01. The van der Waals surface area contributed by atoms with E-state index in [-0.39, 0.29) is 11.4 Å². The highest BCUT2D eigenvalue weighted by atomic mass is 35.5. The van der Waals surface area contributed by atoms with Gasteiger partial charge in [0.15, 0.2) is 0 Å². The summed E-state index contributed by atoms with van der Waals surface area (Å²) in [5, 5.41) is 0. The summed E-state index contributed by atoms with van der Waals surface area (Å²) in [6, 6.07) is 3.15. The minimum Gasteiger partial charge on any atom is -0.329 e. The summed E-state index contributed by atoms with van der Waals surface area (Å²) >= 11 is 5.33. The Bertz CT molecular complexity index is 345. The van der Waals surface area contributed by atoms with Gasteiger partial charge >= 0.3 is 0 Å². The van der Waals surface area contributed by atoms with E-state index in [9.17, 15) is 4.79 Å². The van der Waals surface area contributed by atoms with Crippen LogP contribution in [-0.2, 0) is 0 Å². The zero-order chi connectivity index (χ0) is 8.10. The molecule has 1 aromatic rings. The van der Waals surface area contributed by atoms with Crippen molar-refractivity contribution < 1.29 is 0 Å². The van der Waals surface area contributed by atoms with E-state index in [0.29, 0.717) is 5.56 Å². The van der Waals surface area contributed by atoms with Crippen molar-refractivity contribution in [2.24, 2.45) is 0 Å². The predicted molar refractivity (Wildman–Crippen MR) is 44.7 cm³/mol. The fourth-order valence-electron chi connectivity index (χ4n) is 0.658. The molecule has 3 heteroatoms. The molecule has 11 heavy (non-hydrogen) atoms. The molecule has 0 aliphatic heterocycles. The lowest BCUT2D eigenvalue weighted by Crippen LogP contribution is -2.02. The summed E-state index contributed by atoms with van der Waals surface area (Å²) in [7, 11) is 0. The van der Waals surface area contributed by atoms with E-state index in [2.05, 4.69) is 16.8 Å². The van der Waals surface area contributed by atoms with Crippen molar-refractivity contribution in [1.29, 1.82) is 0 Å². The molecule has 0 aliphatic carbocycles. The van der Waals surface area contributed by atoms with Gasteiger partial charge in [0.2, 0.25) is 5.56 Å². The molecule has 0 radical (unpaired) electrons. The first-order valence-electron chi connectivity index (χ1n) is 3.06. The topological polar surface area (TPSA) is 32.9 Å². The lowest BCUT2D eigenvalue weighted by Gasteiger charge is -1.84. The first-order valence-corrected chi connectivity index (χ1v) is 3.60. The number of halogens is 1. The van der Waals surface area contributed by atoms with Crippen molar-refractivity contribution in [1.82, 2.24) is 4.98 Å². The van der Waals surface area contributed by atoms with Gasteiger partial charge in [0, 0.05) is 17.8 Å². The van der Waals surface area contributed by atoms with Crippen molar-refractivity contribution in [3.05, 3.63) is 34.2 Å². The Hall–Kier alpha value is -1.20.